The Balaban J connectivity index is 1.64. The molecule has 1 aliphatic heterocycles. The van der Waals surface area contributed by atoms with Crippen molar-refractivity contribution in [2.24, 2.45) is 4.99 Å². The number of esters is 1. The molecule has 8 heteroatoms. The summed E-state index contributed by atoms with van der Waals surface area (Å²) in [5.74, 6) is -0.465. The van der Waals surface area contributed by atoms with E-state index in [0.29, 0.717) is 20.6 Å². The van der Waals surface area contributed by atoms with E-state index < -0.39 is 12.0 Å². The third kappa shape index (κ3) is 4.39. The first-order valence-corrected chi connectivity index (χ1v) is 14.6. The number of nitrogens with zero attached hydrogens (tertiary/aromatic N) is 3. The minimum Gasteiger partial charge on any atom is -0.463 e. The molecular formula is C31H27N3O3S2. The summed E-state index contributed by atoms with van der Waals surface area (Å²) in [6.45, 7) is 6.30. The van der Waals surface area contributed by atoms with Crippen molar-refractivity contribution in [1.29, 1.82) is 0 Å². The number of para-hydroxylation sites is 1. The van der Waals surface area contributed by atoms with E-state index in [1.807, 2.05) is 66.1 Å². The monoisotopic (exact) mass is 553 g/mol. The molecule has 0 bridgehead atoms. The summed E-state index contributed by atoms with van der Waals surface area (Å²) in [6, 6.07) is 21.4. The van der Waals surface area contributed by atoms with E-state index in [-0.39, 0.29) is 18.2 Å². The second-order valence-corrected chi connectivity index (χ2v) is 11.5. The maximum absolute atomic E-state index is 14.1. The molecule has 0 unspecified atom stereocenters. The van der Waals surface area contributed by atoms with Crippen molar-refractivity contribution in [2.45, 2.75) is 32.9 Å². The average molecular weight is 554 g/mol. The van der Waals surface area contributed by atoms with Crippen LogP contribution in [0, 0.1) is 0 Å². The van der Waals surface area contributed by atoms with Gasteiger partial charge in [0.05, 0.1) is 22.4 Å². The van der Waals surface area contributed by atoms with Gasteiger partial charge in [-0.05, 0) is 44.4 Å². The molecule has 196 valence electrons. The second-order valence-electron chi connectivity index (χ2n) is 9.55. The standard InChI is InChI=1S/C31H27N3O3S2/c1-4-37-30(36)26-27(20-11-6-5-7-12-20)32-31-34(28(26)24-15-10-16-38-24)29(35)25(39-31)17-21-18-33(19(2)3)23-14-9-8-13-22(21)23/h5-19,28H,4H2,1-3H3/b25-17-/t28-/m0/s1. The number of carbonyl (C=O) groups is 1. The van der Waals surface area contributed by atoms with Crippen molar-refractivity contribution < 1.29 is 9.53 Å². The first-order chi connectivity index (χ1) is 19.0. The highest BCUT2D eigenvalue weighted by atomic mass is 32.1. The minimum absolute atomic E-state index is 0.174. The molecule has 0 spiro atoms. The van der Waals surface area contributed by atoms with Crippen molar-refractivity contribution in [3.63, 3.8) is 0 Å². The number of benzene rings is 2. The number of thiazole rings is 1. The second kappa shape index (κ2) is 10.3. The van der Waals surface area contributed by atoms with Crippen molar-refractivity contribution in [3.05, 3.63) is 120 Å². The van der Waals surface area contributed by atoms with Crippen LogP contribution in [0.5, 0.6) is 0 Å². The van der Waals surface area contributed by atoms with Gasteiger partial charge in [-0.1, -0.05) is 65.9 Å². The Labute approximate surface area is 233 Å². The molecular weight excluding hydrogens is 526 g/mol. The molecule has 6 rings (SSSR count). The maximum Gasteiger partial charge on any atom is 0.338 e. The highest BCUT2D eigenvalue weighted by Crippen LogP contribution is 2.37. The summed E-state index contributed by atoms with van der Waals surface area (Å²) in [5.41, 5.74) is 3.65. The van der Waals surface area contributed by atoms with Crippen LogP contribution >= 0.6 is 22.7 Å². The van der Waals surface area contributed by atoms with Crippen LogP contribution in [0.1, 0.15) is 48.9 Å². The maximum atomic E-state index is 14.1. The Bertz CT molecular complexity index is 1890. The van der Waals surface area contributed by atoms with Crippen molar-refractivity contribution in [2.75, 3.05) is 6.61 Å². The Morgan fingerprint density at radius 1 is 1.08 bits per heavy atom. The zero-order valence-corrected chi connectivity index (χ0v) is 23.5. The lowest BCUT2D eigenvalue weighted by molar-refractivity contribution is -0.138. The first kappa shape index (κ1) is 25.3. The normalized spacial score (nSPS) is 15.6. The van der Waals surface area contributed by atoms with Crippen LogP contribution in [-0.4, -0.2) is 21.7 Å². The molecule has 5 aromatic rings. The van der Waals surface area contributed by atoms with E-state index in [0.717, 1.165) is 26.9 Å². The molecule has 0 saturated heterocycles. The van der Waals surface area contributed by atoms with Gasteiger partial charge in [0.15, 0.2) is 4.80 Å². The summed E-state index contributed by atoms with van der Waals surface area (Å²) in [6.07, 6.45) is 4.05. The van der Waals surface area contributed by atoms with Gasteiger partial charge >= 0.3 is 5.97 Å². The number of thiophene rings is 1. The Morgan fingerprint density at radius 2 is 1.85 bits per heavy atom. The Morgan fingerprint density at radius 3 is 2.56 bits per heavy atom. The third-order valence-corrected chi connectivity index (χ3v) is 8.71. The van der Waals surface area contributed by atoms with Crippen LogP contribution in [0.25, 0.3) is 22.7 Å². The summed E-state index contributed by atoms with van der Waals surface area (Å²) in [7, 11) is 0. The predicted octanol–water partition coefficient (Wildman–Crippen LogP) is 5.53. The summed E-state index contributed by atoms with van der Waals surface area (Å²) < 4.78 is 9.96. The van der Waals surface area contributed by atoms with E-state index in [2.05, 4.69) is 36.7 Å². The van der Waals surface area contributed by atoms with Crippen LogP contribution in [-0.2, 0) is 9.53 Å². The van der Waals surface area contributed by atoms with Gasteiger partial charge in [0.2, 0.25) is 0 Å². The van der Waals surface area contributed by atoms with Crippen molar-refractivity contribution in [3.8, 4) is 0 Å². The SMILES string of the molecule is CCOC(=O)C1=C(c2ccccc2)N=c2s/c(=C\c3cn(C(C)C)c4ccccc34)c(=O)n2[C@H]1c1cccs1. The molecule has 2 aromatic carbocycles. The Hall–Kier alpha value is -4.01. The topological polar surface area (TPSA) is 65.6 Å². The molecule has 3 aromatic heterocycles. The summed E-state index contributed by atoms with van der Waals surface area (Å²) >= 11 is 2.85. The number of rotatable bonds is 6. The molecule has 0 amide bonds. The van der Waals surface area contributed by atoms with E-state index in [4.69, 9.17) is 9.73 Å². The molecule has 0 aliphatic carbocycles. The smallest absolute Gasteiger partial charge is 0.338 e. The van der Waals surface area contributed by atoms with Gasteiger partial charge < -0.3 is 9.30 Å². The van der Waals surface area contributed by atoms with Crippen molar-refractivity contribution in [1.82, 2.24) is 9.13 Å². The van der Waals surface area contributed by atoms with Crippen molar-refractivity contribution >= 4 is 51.3 Å². The molecule has 4 heterocycles. The average Bonchev–Trinajstić information content (AvgIpc) is 3.68. The fraction of sp³-hybridized carbons (Fsp3) is 0.194. The highest BCUT2D eigenvalue weighted by molar-refractivity contribution is 7.10. The number of aromatic nitrogens is 2. The number of carbonyl (C=O) groups excluding carboxylic acids is 1. The van der Waals surface area contributed by atoms with Crippen LogP contribution in [0.4, 0.5) is 0 Å². The lowest BCUT2D eigenvalue weighted by Gasteiger charge is -2.24. The number of hydrogen-bond donors (Lipinski definition) is 0. The molecule has 0 N–H and O–H groups in total. The van der Waals surface area contributed by atoms with Crippen LogP contribution in [0.15, 0.2) is 93.7 Å². The lowest BCUT2D eigenvalue weighted by atomic mass is 9.97. The fourth-order valence-electron chi connectivity index (χ4n) is 5.07. The van der Waals surface area contributed by atoms with Gasteiger partial charge in [-0.3, -0.25) is 9.36 Å². The largest absolute Gasteiger partial charge is 0.463 e. The number of fused-ring (bicyclic) bond motifs is 2. The quantitative estimate of drug-likeness (QED) is 0.260. The Kier molecular flexibility index (Phi) is 6.66. The molecule has 1 atom stereocenters. The predicted molar refractivity (Wildman–Crippen MR) is 158 cm³/mol. The zero-order valence-electron chi connectivity index (χ0n) is 21.8. The lowest BCUT2D eigenvalue weighted by Crippen LogP contribution is -2.39. The van der Waals surface area contributed by atoms with Gasteiger partial charge in [0.1, 0.15) is 6.04 Å². The molecule has 0 radical (unpaired) electrons. The van der Waals surface area contributed by atoms with E-state index in [1.54, 1.807) is 11.5 Å². The first-order valence-electron chi connectivity index (χ1n) is 12.9. The van der Waals surface area contributed by atoms with Crippen LogP contribution < -0.4 is 14.9 Å². The fourth-order valence-corrected chi connectivity index (χ4v) is 6.89. The highest BCUT2D eigenvalue weighted by Gasteiger charge is 2.35. The third-order valence-electron chi connectivity index (χ3n) is 6.80. The number of ether oxygens (including phenoxy) is 1. The van der Waals surface area contributed by atoms with E-state index in [1.165, 1.54) is 22.7 Å². The molecule has 1 aliphatic rings. The molecule has 0 saturated carbocycles. The minimum atomic E-state index is -0.630. The molecule has 0 fully saturated rings. The van der Waals surface area contributed by atoms with Gasteiger partial charge in [-0.2, -0.15) is 0 Å². The van der Waals surface area contributed by atoms with Gasteiger partial charge in [-0.25, -0.2) is 9.79 Å². The summed E-state index contributed by atoms with van der Waals surface area (Å²) in [5, 5.41) is 3.04. The number of hydrogen-bond acceptors (Lipinski definition) is 6. The van der Waals surface area contributed by atoms with Gasteiger partial charge in [0, 0.05) is 39.1 Å². The van der Waals surface area contributed by atoms with E-state index >= 15 is 0 Å². The summed E-state index contributed by atoms with van der Waals surface area (Å²) in [4.78, 5) is 33.9. The van der Waals surface area contributed by atoms with E-state index in [9.17, 15) is 9.59 Å². The van der Waals surface area contributed by atoms with Gasteiger partial charge in [-0.15, -0.1) is 11.3 Å². The molecule has 39 heavy (non-hydrogen) atoms. The molecule has 6 nitrogen and oxygen atoms in total. The van der Waals surface area contributed by atoms with Crippen LogP contribution in [0.3, 0.4) is 0 Å². The zero-order chi connectivity index (χ0) is 27.1. The van der Waals surface area contributed by atoms with Gasteiger partial charge in [0.25, 0.3) is 5.56 Å². The van der Waals surface area contributed by atoms with Crippen LogP contribution in [0.2, 0.25) is 0 Å².